The van der Waals surface area contributed by atoms with Crippen molar-refractivity contribution in [2.24, 2.45) is 5.92 Å². The molecule has 1 fully saturated rings. The third-order valence-electron chi connectivity index (χ3n) is 5.37. The minimum Gasteiger partial charge on any atom is -0.467 e. The molecule has 3 heterocycles. The molecule has 1 unspecified atom stereocenters. The van der Waals surface area contributed by atoms with E-state index in [1.165, 1.54) is 0 Å². The zero-order valence-corrected chi connectivity index (χ0v) is 16.2. The molecule has 1 atom stereocenters. The number of rotatable bonds is 6. The monoisotopic (exact) mass is 380 g/mol. The van der Waals surface area contributed by atoms with Crippen LogP contribution in [0.15, 0.2) is 51.5 Å². The van der Waals surface area contributed by atoms with E-state index in [0.29, 0.717) is 19.6 Å². The van der Waals surface area contributed by atoms with Gasteiger partial charge < -0.3 is 18.6 Å². The topological polar surface area (TPSA) is 66.9 Å². The summed E-state index contributed by atoms with van der Waals surface area (Å²) in [6.45, 7) is 3.36. The molecule has 0 spiro atoms. The first-order valence-corrected chi connectivity index (χ1v) is 9.61. The lowest BCUT2D eigenvalue weighted by atomic mass is 10.1. The number of likely N-dealkylation sites (tertiary alicyclic amines) is 1. The third kappa shape index (κ3) is 3.42. The van der Waals surface area contributed by atoms with Gasteiger partial charge in [0.25, 0.3) is 0 Å². The highest BCUT2D eigenvalue weighted by Crippen LogP contribution is 2.28. The van der Waals surface area contributed by atoms with Crippen LogP contribution in [0.5, 0.6) is 0 Å². The number of furan rings is 2. The van der Waals surface area contributed by atoms with Crippen molar-refractivity contribution in [2.75, 3.05) is 13.6 Å². The van der Waals surface area contributed by atoms with Crippen molar-refractivity contribution in [2.45, 2.75) is 32.9 Å². The van der Waals surface area contributed by atoms with Crippen molar-refractivity contribution in [3.8, 4) is 0 Å². The zero-order valence-electron chi connectivity index (χ0n) is 16.2. The van der Waals surface area contributed by atoms with Crippen LogP contribution < -0.4 is 0 Å². The Morgan fingerprint density at radius 2 is 2.07 bits per heavy atom. The van der Waals surface area contributed by atoms with Gasteiger partial charge in [-0.2, -0.15) is 0 Å². The molecule has 2 amide bonds. The minimum absolute atomic E-state index is 0.00819. The van der Waals surface area contributed by atoms with Crippen molar-refractivity contribution < 1.29 is 18.4 Å². The molecule has 0 saturated carbocycles. The smallest absolute Gasteiger partial charge is 0.228 e. The molecule has 0 N–H and O–H groups in total. The summed E-state index contributed by atoms with van der Waals surface area (Å²) in [6, 6.07) is 11.5. The Morgan fingerprint density at radius 1 is 1.25 bits per heavy atom. The Morgan fingerprint density at radius 3 is 2.82 bits per heavy atom. The van der Waals surface area contributed by atoms with Crippen molar-refractivity contribution >= 4 is 22.8 Å². The van der Waals surface area contributed by atoms with Crippen LogP contribution in [0.25, 0.3) is 11.0 Å². The summed E-state index contributed by atoms with van der Waals surface area (Å²) in [4.78, 5) is 28.7. The number of benzene rings is 1. The van der Waals surface area contributed by atoms with Crippen molar-refractivity contribution in [1.29, 1.82) is 0 Å². The van der Waals surface area contributed by atoms with Crippen LogP contribution in [0.3, 0.4) is 0 Å². The van der Waals surface area contributed by atoms with E-state index in [9.17, 15) is 9.59 Å². The fraction of sp³-hybridized carbons (Fsp3) is 0.364. The molecule has 3 aromatic rings. The fourth-order valence-corrected chi connectivity index (χ4v) is 3.92. The number of hydrogen-bond donors (Lipinski definition) is 0. The normalized spacial score (nSPS) is 16.9. The maximum absolute atomic E-state index is 13.0. The van der Waals surface area contributed by atoms with Gasteiger partial charge in [0.2, 0.25) is 11.8 Å². The summed E-state index contributed by atoms with van der Waals surface area (Å²) < 4.78 is 11.3. The number of carbonyl (C=O) groups excluding carboxylic acids is 2. The van der Waals surface area contributed by atoms with E-state index in [2.05, 4.69) is 0 Å². The molecule has 1 aliphatic heterocycles. The Kier molecular flexibility index (Phi) is 4.94. The standard InChI is InChI=1S/C22H24N2O4/c1-3-19-18(17-8-4-5-9-20(17)28-19)14-23(2)22(26)15-11-21(25)24(12-15)13-16-7-6-10-27-16/h4-10,15H,3,11-14H2,1-2H3. The van der Waals surface area contributed by atoms with Gasteiger partial charge in [-0.05, 0) is 18.2 Å². The number of aryl methyl sites for hydroxylation is 1. The molecule has 146 valence electrons. The second-order valence-corrected chi connectivity index (χ2v) is 7.30. The van der Waals surface area contributed by atoms with Gasteiger partial charge in [0.1, 0.15) is 17.1 Å². The average Bonchev–Trinajstić information content (AvgIpc) is 3.42. The van der Waals surface area contributed by atoms with Gasteiger partial charge in [-0.3, -0.25) is 9.59 Å². The predicted octanol–water partition coefficient (Wildman–Crippen LogP) is 3.60. The summed E-state index contributed by atoms with van der Waals surface area (Å²) in [5.41, 5.74) is 1.89. The Hall–Kier alpha value is -3.02. The summed E-state index contributed by atoms with van der Waals surface area (Å²) in [5, 5.41) is 1.04. The molecule has 4 rings (SSSR count). The molecule has 0 bridgehead atoms. The zero-order chi connectivity index (χ0) is 19.7. The lowest BCUT2D eigenvalue weighted by molar-refractivity contribution is -0.135. The van der Waals surface area contributed by atoms with Crippen molar-refractivity contribution in [3.63, 3.8) is 0 Å². The lowest BCUT2D eigenvalue weighted by Gasteiger charge is -2.21. The molecule has 0 aliphatic carbocycles. The van der Waals surface area contributed by atoms with Crippen LogP contribution in [-0.4, -0.2) is 35.2 Å². The molecular formula is C22H24N2O4. The van der Waals surface area contributed by atoms with Crippen molar-refractivity contribution in [1.82, 2.24) is 9.80 Å². The maximum atomic E-state index is 13.0. The summed E-state index contributed by atoms with van der Waals surface area (Å²) in [7, 11) is 1.79. The highest BCUT2D eigenvalue weighted by molar-refractivity contribution is 5.89. The Bertz CT molecular complexity index is 989. The summed E-state index contributed by atoms with van der Waals surface area (Å²) >= 11 is 0. The fourth-order valence-electron chi connectivity index (χ4n) is 3.92. The SMILES string of the molecule is CCc1oc2ccccc2c1CN(C)C(=O)C1CC(=O)N(Cc2ccco2)C1. The van der Waals surface area contributed by atoms with Gasteiger partial charge >= 0.3 is 0 Å². The molecule has 1 aliphatic rings. The lowest BCUT2D eigenvalue weighted by Crippen LogP contribution is -2.34. The number of nitrogens with zero attached hydrogens (tertiary/aromatic N) is 2. The van der Waals surface area contributed by atoms with Gasteiger partial charge in [-0.15, -0.1) is 0 Å². The number of fused-ring (bicyclic) bond motifs is 1. The molecular weight excluding hydrogens is 356 g/mol. The number of carbonyl (C=O) groups is 2. The van der Waals surface area contributed by atoms with E-state index in [4.69, 9.17) is 8.83 Å². The van der Waals surface area contributed by atoms with Crippen LogP contribution in [0.2, 0.25) is 0 Å². The Labute approximate surface area is 163 Å². The molecule has 6 nitrogen and oxygen atoms in total. The van der Waals surface area contributed by atoms with E-state index in [1.807, 2.05) is 37.3 Å². The van der Waals surface area contributed by atoms with Crippen LogP contribution in [0, 0.1) is 5.92 Å². The third-order valence-corrected chi connectivity index (χ3v) is 5.37. The van der Waals surface area contributed by atoms with E-state index in [-0.39, 0.29) is 24.2 Å². The number of hydrogen-bond acceptors (Lipinski definition) is 4. The number of para-hydroxylation sites is 1. The van der Waals surface area contributed by atoms with E-state index in [0.717, 1.165) is 34.5 Å². The van der Waals surface area contributed by atoms with E-state index < -0.39 is 0 Å². The molecule has 0 radical (unpaired) electrons. The van der Waals surface area contributed by atoms with E-state index in [1.54, 1.807) is 29.2 Å². The average molecular weight is 380 g/mol. The molecule has 6 heteroatoms. The van der Waals surface area contributed by atoms with Gasteiger partial charge in [0.05, 0.1) is 18.7 Å². The van der Waals surface area contributed by atoms with Gasteiger partial charge in [-0.25, -0.2) is 0 Å². The highest BCUT2D eigenvalue weighted by Gasteiger charge is 2.36. The van der Waals surface area contributed by atoms with Gasteiger partial charge in [0, 0.05) is 43.9 Å². The predicted molar refractivity (Wildman–Crippen MR) is 104 cm³/mol. The summed E-state index contributed by atoms with van der Waals surface area (Å²) in [6.07, 6.45) is 2.61. The quantitative estimate of drug-likeness (QED) is 0.655. The van der Waals surface area contributed by atoms with Crippen LogP contribution in [0.1, 0.15) is 30.4 Å². The highest BCUT2D eigenvalue weighted by atomic mass is 16.3. The van der Waals surface area contributed by atoms with Gasteiger partial charge in [-0.1, -0.05) is 25.1 Å². The van der Waals surface area contributed by atoms with Crippen LogP contribution in [0.4, 0.5) is 0 Å². The van der Waals surface area contributed by atoms with E-state index >= 15 is 0 Å². The molecule has 2 aromatic heterocycles. The molecule has 1 saturated heterocycles. The minimum atomic E-state index is -0.323. The first-order valence-electron chi connectivity index (χ1n) is 9.61. The maximum Gasteiger partial charge on any atom is 0.228 e. The van der Waals surface area contributed by atoms with Crippen molar-refractivity contribution in [3.05, 3.63) is 59.7 Å². The summed E-state index contributed by atoms with van der Waals surface area (Å²) in [5.74, 6) is 1.29. The first-order chi connectivity index (χ1) is 13.6. The first kappa shape index (κ1) is 18.3. The van der Waals surface area contributed by atoms with Crippen LogP contribution in [-0.2, 0) is 29.1 Å². The Balaban J connectivity index is 1.46. The second kappa shape index (κ2) is 7.54. The largest absolute Gasteiger partial charge is 0.467 e. The second-order valence-electron chi connectivity index (χ2n) is 7.30. The van der Waals surface area contributed by atoms with Gasteiger partial charge in [0.15, 0.2) is 0 Å². The molecule has 28 heavy (non-hydrogen) atoms. The van der Waals surface area contributed by atoms with Crippen LogP contribution >= 0.6 is 0 Å². The number of amides is 2. The molecule has 1 aromatic carbocycles.